The average molecular weight is 398 g/mol. The highest BCUT2D eigenvalue weighted by Gasteiger charge is 2.33. The minimum absolute atomic E-state index is 0.0148. The van der Waals surface area contributed by atoms with E-state index in [1.165, 1.54) is 24.3 Å². The number of carbonyl (C=O) groups excluding carboxylic acids is 1. The van der Waals surface area contributed by atoms with Crippen LogP contribution in [0.1, 0.15) is 28.9 Å². The monoisotopic (exact) mass is 398 g/mol. The Labute approximate surface area is 165 Å². The van der Waals surface area contributed by atoms with E-state index >= 15 is 0 Å². The Hall–Kier alpha value is -3.42. The smallest absolute Gasteiger partial charge is 0.367 e. The molecule has 3 aromatic rings. The lowest BCUT2D eigenvalue weighted by Crippen LogP contribution is -2.19. The Balaban J connectivity index is 1.68. The lowest BCUT2D eigenvalue weighted by atomic mass is 10.1. The van der Waals surface area contributed by atoms with Gasteiger partial charge in [-0.2, -0.15) is 13.2 Å². The quantitative estimate of drug-likeness (QED) is 0.636. The predicted octanol–water partition coefficient (Wildman–Crippen LogP) is 4.99. The van der Waals surface area contributed by atoms with Gasteiger partial charge in [-0.1, -0.05) is 42.5 Å². The topological polar surface area (TPSA) is 66.9 Å². The van der Waals surface area contributed by atoms with Crippen molar-refractivity contribution in [1.29, 1.82) is 0 Å². The zero-order chi connectivity index (χ0) is 20.4. The number of amides is 1. The van der Waals surface area contributed by atoms with Crippen molar-refractivity contribution in [3.8, 4) is 11.4 Å². The molecule has 148 valence electrons. The van der Waals surface area contributed by atoms with E-state index in [4.69, 9.17) is 0 Å². The number of hydrogen-bond donors (Lipinski definition) is 2. The maximum Gasteiger partial charge on any atom is 0.418 e. The lowest BCUT2D eigenvalue weighted by molar-refractivity contribution is -0.136. The Kier molecular flexibility index (Phi) is 4.92. The number of nitrogens with zero attached hydrogens (tertiary/aromatic N) is 2. The number of rotatable bonds is 5. The van der Waals surface area contributed by atoms with E-state index in [-0.39, 0.29) is 17.4 Å². The van der Waals surface area contributed by atoms with Crippen LogP contribution in [0.2, 0.25) is 0 Å². The van der Waals surface area contributed by atoms with Crippen LogP contribution in [0, 0.1) is 0 Å². The number of carbonyl (C=O) groups is 1. The molecule has 1 aliphatic rings. The summed E-state index contributed by atoms with van der Waals surface area (Å²) < 4.78 is 39.6. The molecule has 0 saturated heterocycles. The molecule has 1 aromatic heterocycles. The molecule has 1 aliphatic carbocycles. The number of halogens is 3. The van der Waals surface area contributed by atoms with Crippen LogP contribution in [0.5, 0.6) is 0 Å². The summed E-state index contributed by atoms with van der Waals surface area (Å²) >= 11 is 0. The zero-order valence-corrected chi connectivity index (χ0v) is 15.2. The largest absolute Gasteiger partial charge is 0.418 e. The first kappa shape index (κ1) is 18.9. The van der Waals surface area contributed by atoms with Crippen LogP contribution in [-0.4, -0.2) is 21.9 Å². The summed E-state index contributed by atoms with van der Waals surface area (Å²) in [6.45, 7) is 0. The fraction of sp³-hybridized carbons (Fsp3) is 0.190. The van der Waals surface area contributed by atoms with E-state index in [0.717, 1.165) is 18.9 Å². The van der Waals surface area contributed by atoms with Gasteiger partial charge in [-0.05, 0) is 25.0 Å². The number of benzene rings is 2. The third kappa shape index (κ3) is 4.53. The number of hydrogen-bond acceptors (Lipinski definition) is 4. The molecular formula is C21H17F3N4O. The van der Waals surface area contributed by atoms with E-state index in [9.17, 15) is 18.0 Å². The minimum Gasteiger partial charge on any atom is -0.367 e. The summed E-state index contributed by atoms with van der Waals surface area (Å²) in [5.41, 5.74) is -0.542. The van der Waals surface area contributed by atoms with Crippen molar-refractivity contribution < 1.29 is 18.0 Å². The van der Waals surface area contributed by atoms with Crippen LogP contribution >= 0.6 is 0 Å². The third-order valence-electron chi connectivity index (χ3n) is 4.40. The maximum absolute atomic E-state index is 13.2. The van der Waals surface area contributed by atoms with Crippen molar-refractivity contribution in [2.75, 3.05) is 10.6 Å². The van der Waals surface area contributed by atoms with Crippen LogP contribution in [0.15, 0.2) is 60.7 Å². The van der Waals surface area contributed by atoms with Crippen molar-refractivity contribution in [2.24, 2.45) is 0 Å². The molecule has 0 aliphatic heterocycles. The van der Waals surface area contributed by atoms with Crippen molar-refractivity contribution in [1.82, 2.24) is 9.97 Å². The summed E-state index contributed by atoms with van der Waals surface area (Å²) in [5, 5.41) is 5.54. The first-order chi connectivity index (χ1) is 13.9. The number of anilines is 2. The molecule has 2 N–H and O–H groups in total. The van der Waals surface area contributed by atoms with Gasteiger partial charge in [0.1, 0.15) is 11.5 Å². The molecular weight excluding hydrogens is 381 g/mol. The molecule has 1 heterocycles. The van der Waals surface area contributed by atoms with E-state index in [1.807, 2.05) is 18.2 Å². The number of nitrogens with one attached hydrogen (secondary N) is 2. The van der Waals surface area contributed by atoms with Crippen molar-refractivity contribution in [3.63, 3.8) is 0 Å². The molecule has 1 saturated carbocycles. The highest BCUT2D eigenvalue weighted by molar-refractivity contribution is 6.04. The minimum atomic E-state index is -4.58. The van der Waals surface area contributed by atoms with Crippen molar-refractivity contribution in [2.45, 2.75) is 25.1 Å². The molecule has 0 bridgehead atoms. The van der Waals surface area contributed by atoms with Crippen LogP contribution in [0.25, 0.3) is 11.4 Å². The van der Waals surface area contributed by atoms with Crippen LogP contribution in [0.3, 0.4) is 0 Å². The van der Waals surface area contributed by atoms with Gasteiger partial charge in [-0.15, -0.1) is 0 Å². The third-order valence-corrected chi connectivity index (χ3v) is 4.40. The molecule has 2 aromatic carbocycles. The molecule has 0 unspecified atom stereocenters. The summed E-state index contributed by atoms with van der Waals surface area (Å²) in [6, 6.07) is 15.7. The first-order valence-electron chi connectivity index (χ1n) is 9.09. The van der Waals surface area contributed by atoms with Crippen molar-refractivity contribution >= 4 is 17.4 Å². The number of para-hydroxylation sites is 1. The van der Waals surface area contributed by atoms with Crippen molar-refractivity contribution in [3.05, 3.63) is 71.9 Å². The molecule has 5 nitrogen and oxygen atoms in total. The van der Waals surface area contributed by atoms with E-state index in [0.29, 0.717) is 17.2 Å². The fourth-order valence-electron chi connectivity index (χ4n) is 2.82. The Morgan fingerprint density at radius 2 is 1.66 bits per heavy atom. The van der Waals surface area contributed by atoms with Crippen LogP contribution in [-0.2, 0) is 6.18 Å². The zero-order valence-electron chi connectivity index (χ0n) is 15.2. The second-order valence-electron chi connectivity index (χ2n) is 6.74. The highest BCUT2D eigenvalue weighted by Crippen LogP contribution is 2.35. The second-order valence-corrected chi connectivity index (χ2v) is 6.74. The Bertz CT molecular complexity index is 1030. The van der Waals surface area contributed by atoms with Crippen LogP contribution in [0.4, 0.5) is 24.7 Å². The summed E-state index contributed by atoms with van der Waals surface area (Å²) in [5.74, 6) is 0.0567. The van der Waals surface area contributed by atoms with Gasteiger partial charge in [0.25, 0.3) is 5.91 Å². The van der Waals surface area contributed by atoms with Gasteiger partial charge >= 0.3 is 6.18 Å². The molecule has 0 radical (unpaired) electrons. The van der Waals surface area contributed by atoms with Gasteiger partial charge in [-0.3, -0.25) is 4.79 Å². The first-order valence-corrected chi connectivity index (χ1v) is 9.09. The fourth-order valence-corrected chi connectivity index (χ4v) is 2.82. The average Bonchev–Trinajstić information content (AvgIpc) is 3.52. The van der Waals surface area contributed by atoms with E-state index in [1.54, 1.807) is 12.1 Å². The van der Waals surface area contributed by atoms with Gasteiger partial charge in [0.05, 0.1) is 11.3 Å². The standard InChI is InChI=1S/C21H17F3N4O/c22-21(23,24)15-8-4-5-9-16(15)27-20(29)17-12-18(25-14-10-11-14)28-19(26-17)13-6-2-1-3-7-13/h1-9,12,14H,10-11H2,(H,27,29)(H,25,26,28). The molecule has 8 heteroatoms. The SMILES string of the molecule is O=C(Nc1ccccc1C(F)(F)F)c1cc(NC2CC2)nc(-c2ccccc2)n1. The molecule has 1 fully saturated rings. The molecule has 0 atom stereocenters. The van der Waals surface area contributed by atoms with Gasteiger partial charge < -0.3 is 10.6 Å². The lowest BCUT2D eigenvalue weighted by Gasteiger charge is -2.14. The van der Waals surface area contributed by atoms with E-state index in [2.05, 4.69) is 20.6 Å². The molecule has 0 spiro atoms. The van der Waals surface area contributed by atoms with Crippen LogP contribution < -0.4 is 10.6 Å². The number of aromatic nitrogens is 2. The van der Waals surface area contributed by atoms with Gasteiger partial charge in [-0.25, -0.2) is 9.97 Å². The summed E-state index contributed by atoms with van der Waals surface area (Å²) in [6.07, 6.45) is -2.57. The normalized spacial score (nSPS) is 13.8. The summed E-state index contributed by atoms with van der Waals surface area (Å²) in [7, 11) is 0. The summed E-state index contributed by atoms with van der Waals surface area (Å²) in [4.78, 5) is 21.5. The van der Waals surface area contributed by atoms with Gasteiger partial charge in [0, 0.05) is 17.7 Å². The molecule has 29 heavy (non-hydrogen) atoms. The molecule has 1 amide bonds. The molecule has 4 rings (SSSR count). The van der Waals surface area contributed by atoms with E-state index < -0.39 is 17.6 Å². The Morgan fingerprint density at radius 1 is 0.966 bits per heavy atom. The second kappa shape index (κ2) is 7.54. The predicted molar refractivity (Wildman–Crippen MR) is 104 cm³/mol. The number of alkyl halides is 3. The Morgan fingerprint density at radius 3 is 2.34 bits per heavy atom. The maximum atomic E-state index is 13.2. The van der Waals surface area contributed by atoms with Gasteiger partial charge in [0.2, 0.25) is 0 Å². The highest BCUT2D eigenvalue weighted by atomic mass is 19.4. The van der Waals surface area contributed by atoms with Gasteiger partial charge in [0.15, 0.2) is 5.82 Å².